The van der Waals surface area contributed by atoms with E-state index in [4.69, 9.17) is 0 Å². The number of rotatable bonds is 1. The number of benzene rings is 10. The van der Waals surface area contributed by atoms with Gasteiger partial charge in [-0.05, 0) is 73.3 Å². The molecule has 0 bridgehead atoms. The van der Waals surface area contributed by atoms with E-state index in [0.29, 0.717) is 0 Å². The monoisotopic (exact) mass is 761 g/mol. The number of hydrogen-bond acceptors (Lipinski definition) is 0. The molecular formula is C56H36BN3. The van der Waals surface area contributed by atoms with Gasteiger partial charge >= 0.3 is 6.85 Å². The lowest BCUT2D eigenvalue weighted by Crippen LogP contribution is -2.55. The predicted octanol–water partition coefficient (Wildman–Crippen LogP) is 13.1. The summed E-state index contributed by atoms with van der Waals surface area (Å²) in [6.07, 6.45) is 0. The van der Waals surface area contributed by atoms with Crippen molar-refractivity contribution in [1.29, 1.82) is 0 Å². The molecule has 0 N–H and O–H groups in total. The lowest BCUT2D eigenvalue weighted by atomic mass is 9.45. The first kappa shape index (κ1) is 31.7. The van der Waals surface area contributed by atoms with Crippen LogP contribution in [0.1, 0.15) is 26.3 Å². The maximum absolute atomic E-state index is 2.77. The number of aromatic nitrogens is 3. The van der Waals surface area contributed by atoms with Crippen LogP contribution in [-0.4, -0.2) is 20.5 Å². The third-order valence-corrected chi connectivity index (χ3v) is 14.4. The van der Waals surface area contributed by atoms with E-state index in [9.17, 15) is 0 Å². The van der Waals surface area contributed by atoms with E-state index in [0.717, 1.165) is 0 Å². The Labute approximate surface area is 345 Å². The maximum atomic E-state index is 2.77. The Balaban J connectivity index is 1.23. The maximum Gasteiger partial charge on any atom is 0.333 e. The van der Waals surface area contributed by atoms with E-state index in [-0.39, 0.29) is 12.3 Å². The Morgan fingerprint density at radius 1 is 0.433 bits per heavy atom. The molecule has 0 radical (unpaired) electrons. The zero-order valence-corrected chi connectivity index (χ0v) is 33.5. The molecule has 0 aliphatic carbocycles. The minimum absolute atomic E-state index is 0.0445. The molecule has 0 saturated carbocycles. The molecule has 3 aromatic heterocycles. The Hall–Kier alpha value is -7.30. The molecule has 0 saturated heterocycles. The van der Waals surface area contributed by atoms with Gasteiger partial charge in [0.2, 0.25) is 0 Å². The average molecular weight is 762 g/mol. The molecule has 4 heteroatoms. The van der Waals surface area contributed by atoms with Crippen LogP contribution < -0.4 is 10.9 Å². The topological polar surface area (TPSA) is 14.8 Å². The highest BCUT2D eigenvalue weighted by atomic mass is 15.0. The minimum Gasteiger partial charge on any atom is -0.374 e. The van der Waals surface area contributed by atoms with Gasteiger partial charge < -0.3 is 13.6 Å². The summed E-state index contributed by atoms with van der Waals surface area (Å²) in [5, 5.41) is 15.8. The highest BCUT2D eigenvalue weighted by molar-refractivity contribution is 6.91. The van der Waals surface area contributed by atoms with Gasteiger partial charge in [-0.3, -0.25) is 0 Å². The van der Waals surface area contributed by atoms with E-state index < -0.39 is 0 Å². The van der Waals surface area contributed by atoms with Crippen LogP contribution in [-0.2, 0) is 5.41 Å². The number of para-hydroxylation sites is 5. The van der Waals surface area contributed by atoms with Gasteiger partial charge in [-0.1, -0.05) is 160 Å². The molecule has 0 fully saturated rings. The summed E-state index contributed by atoms with van der Waals surface area (Å²) in [5.41, 5.74) is 17.0. The zero-order chi connectivity index (χ0) is 39.3. The number of nitrogens with zero attached hydrogens (tertiary/aromatic N) is 3. The Bertz CT molecular complexity index is 4080. The van der Waals surface area contributed by atoms with Crippen molar-refractivity contribution in [2.75, 3.05) is 0 Å². The summed E-state index contributed by atoms with van der Waals surface area (Å²) in [5.74, 6) is 0. The van der Waals surface area contributed by atoms with Crippen molar-refractivity contribution in [3.8, 4) is 22.5 Å². The smallest absolute Gasteiger partial charge is 0.333 e. The van der Waals surface area contributed by atoms with Crippen molar-refractivity contribution in [3.63, 3.8) is 0 Å². The van der Waals surface area contributed by atoms with Crippen LogP contribution in [0.2, 0.25) is 0 Å². The SMILES string of the molecule is CC(C)(C)c1cc2ccc3c4c5c(c6ccc(c1)c2c36)-n1c2ccccc2c2cccc(c21)B5n1c2c-4cccc2c2ccc3c4ccccc4n(-c4ccccc4)c3c21. The van der Waals surface area contributed by atoms with Gasteiger partial charge in [0.05, 0.1) is 33.3 Å². The third kappa shape index (κ3) is 3.56. The van der Waals surface area contributed by atoms with Crippen LogP contribution in [0.3, 0.4) is 0 Å². The van der Waals surface area contributed by atoms with Crippen molar-refractivity contribution in [1.82, 2.24) is 13.6 Å². The molecule has 3 nitrogen and oxygen atoms in total. The van der Waals surface area contributed by atoms with E-state index in [2.05, 4.69) is 198 Å². The molecule has 2 aliphatic heterocycles. The molecule has 0 atom stereocenters. The van der Waals surface area contributed by atoms with E-state index in [1.54, 1.807) is 0 Å². The second kappa shape index (κ2) is 10.5. The quantitative estimate of drug-likeness (QED) is 0.117. The summed E-state index contributed by atoms with van der Waals surface area (Å²) in [4.78, 5) is 0. The van der Waals surface area contributed by atoms with Crippen molar-refractivity contribution in [2.45, 2.75) is 26.2 Å². The van der Waals surface area contributed by atoms with Gasteiger partial charge in [0, 0.05) is 59.9 Å². The lowest BCUT2D eigenvalue weighted by Gasteiger charge is -2.36. The van der Waals surface area contributed by atoms with Crippen LogP contribution >= 0.6 is 0 Å². The first-order valence-electron chi connectivity index (χ1n) is 21.3. The molecule has 10 aromatic carbocycles. The van der Waals surface area contributed by atoms with Gasteiger partial charge in [-0.25, -0.2) is 0 Å². The van der Waals surface area contributed by atoms with Crippen LogP contribution in [0.15, 0.2) is 164 Å². The summed E-state index contributed by atoms with van der Waals surface area (Å²) >= 11 is 0. The fourth-order valence-electron chi connectivity index (χ4n) is 12.1. The van der Waals surface area contributed by atoms with Gasteiger partial charge in [0.15, 0.2) is 0 Å². The van der Waals surface area contributed by atoms with Crippen molar-refractivity contribution in [2.24, 2.45) is 0 Å². The highest BCUT2D eigenvalue weighted by Crippen LogP contribution is 2.51. The van der Waals surface area contributed by atoms with Gasteiger partial charge in [-0.2, -0.15) is 0 Å². The molecule has 60 heavy (non-hydrogen) atoms. The highest BCUT2D eigenvalue weighted by Gasteiger charge is 2.43. The van der Waals surface area contributed by atoms with Gasteiger partial charge in [0.25, 0.3) is 0 Å². The van der Waals surface area contributed by atoms with Crippen molar-refractivity contribution >= 4 is 116 Å². The van der Waals surface area contributed by atoms with Gasteiger partial charge in [-0.15, -0.1) is 0 Å². The van der Waals surface area contributed by atoms with E-state index in [1.165, 1.54) is 137 Å². The first-order chi connectivity index (χ1) is 29.5. The zero-order valence-electron chi connectivity index (χ0n) is 33.5. The molecule has 2 aliphatic rings. The summed E-state index contributed by atoms with van der Waals surface area (Å²) in [6.45, 7) is 6.92. The number of fused-ring (bicyclic) bond motifs is 16. The molecule has 13 aromatic rings. The van der Waals surface area contributed by atoms with Crippen LogP contribution in [0, 0.1) is 0 Å². The van der Waals surface area contributed by atoms with E-state index >= 15 is 0 Å². The lowest BCUT2D eigenvalue weighted by molar-refractivity contribution is 0.591. The first-order valence-corrected chi connectivity index (χ1v) is 21.3. The normalized spacial score (nSPS) is 13.6. The predicted molar refractivity (Wildman–Crippen MR) is 256 cm³/mol. The van der Waals surface area contributed by atoms with Crippen molar-refractivity contribution in [3.05, 3.63) is 169 Å². The molecule has 0 amide bonds. The van der Waals surface area contributed by atoms with Crippen LogP contribution in [0.25, 0.3) is 120 Å². The second-order valence-electron chi connectivity index (χ2n) is 18.4. The molecule has 15 rings (SSSR count). The average Bonchev–Trinajstić information content (AvgIpc) is 3.92. The largest absolute Gasteiger partial charge is 0.374 e. The van der Waals surface area contributed by atoms with Crippen LogP contribution in [0.5, 0.6) is 0 Å². The summed E-state index contributed by atoms with van der Waals surface area (Å²) in [7, 11) is 0. The van der Waals surface area contributed by atoms with Crippen LogP contribution in [0.4, 0.5) is 0 Å². The second-order valence-corrected chi connectivity index (χ2v) is 18.4. The van der Waals surface area contributed by atoms with E-state index in [1.807, 2.05) is 0 Å². The third-order valence-electron chi connectivity index (χ3n) is 14.4. The van der Waals surface area contributed by atoms with Gasteiger partial charge in [0.1, 0.15) is 0 Å². The molecule has 5 heterocycles. The Morgan fingerprint density at radius 2 is 1.02 bits per heavy atom. The molecule has 0 spiro atoms. The molecule has 278 valence electrons. The number of hydrogen-bond donors (Lipinski definition) is 0. The molecule has 0 unspecified atom stereocenters. The van der Waals surface area contributed by atoms with Crippen molar-refractivity contribution < 1.29 is 0 Å². The minimum atomic E-state index is -0.0624. The fraction of sp³-hybridized carbons (Fsp3) is 0.0714. The summed E-state index contributed by atoms with van der Waals surface area (Å²) in [6, 6.07) is 62.6. The fourth-order valence-corrected chi connectivity index (χ4v) is 12.1. The molecular weight excluding hydrogens is 725 g/mol. The summed E-state index contributed by atoms with van der Waals surface area (Å²) < 4.78 is 7.95. The standard InChI is InChI=1S/C56H36BN3/c1-56(2,3)33-29-31-23-25-41-48-43(26-24-32(30-33)47(31)48)53-50-49(41)42-19-11-17-38-40-28-27-39-36-16-7-9-21-45(36)58(34-13-5-4-6-14-34)54(39)55(40)60(51(38)42)57(50)44-20-12-18-37-35-15-8-10-22-46(35)59(53)52(37)44/h4-30H,1-3H3. The Morgan fingerprint density at radius 3 is 1.75 bits per heavy atom. The Kier molecular flexibility index (Phi) is 5.52.